The molecule has 0 amide bonds. The Morgan fingerprint density at radius 1 is 0.722 bits per heavy atom. The lowest BCUT2D eigenvalue weighted by Gasteiger charge is -2.40. The maximum Gasteiger partial charge on any atom is 0.164 e. The minimum absolute atomic E-state index is 0.227. The van der Waals surface area contributed by atoms with Crippen molar-refractivity contribution in [3.05, 3.63) is 119 Å². The van der Waals surface area contributed by atoms with Crippen LogP contribution in [0.5, 0.6) is 23.0 Å². The number of benzene rings is 4. The molecule has 54 heavy (non-hydrogen) atoms. The summed E-state index contributed by atoms with van der Waals surface area (Å²) >= 11 is 0. The van der Waals surface area contributed by atoms with E-state index in [1.54, 1.807) is 40.6 Å². The maximum atomic E-state index is 14.1. The van der Waals surface area contributed by atoms with E-state index in [4.69, 9.17) is 23.9 Å². The van der Waals surface area contributed by atoms with Gasteiger partial charge in [0.2, 0.25) is 0 Å². The third kappa shape index (κ3) is 8.34. The molecule has 1 saturated carbocycles. The Morgan fingerprint density at radius 2 is 1.44 bits per heavy atom. The Labute approximate surface area is 319 Å². The molecule has 0 spiro atoms. The van der Waals surface area contributed by atoms with Crippen molar-refractivity contribution in [1.82, 2.24) is 9.88 Å². The molecule has 2 heterocycles. The molecule has 7 nitrogen and oxygen atoms in total. The largest absolute Gasteiger partial charge is 0.493 e. The summed E-state index contributed by atoms with van der Waals surface area (Å²) < 4.78 is 37.1. The monoisotopic (exact) mass is 729 g/mol. The molecule has 1 saturated heterocycles. The van der Waals surface area contributed by atoms with E-state index in [-0.39, 0.29) is 5.82 Å². The number of rotatable bonds is 15. The number of hydrogen-bond acceptors (Lipinski definition) is 7. The minimum Gasteiger partial charge on any atom is -0.493 e. The van der Waals surface area contributed by atoms with Gasteiger partial charge in [-0.3, -0.25) is 9.88 Å². The second-order valence-corrected chi connectivity index (χ2v) is 14.6. The van der Waals surface area contributed by atoms with E-state index in [1.165, 1.54) is 29.5 Å². The molecular formula is C46H52FN3O4. The summed E-state index contributed by atoms with van der Waals surface area (Å²) in [5, 5.41) is 0. The van der Waals surface area contributed by atoms with Crippen LogP contribution in [-0.4, -0.2) is 57.5 Å². The summed E-state index contributed by atoms with van der Waals surface area (Å²) in [6.45, 7) is 5.69. The first kappa shape index (κ1) is 37.2. The van der Waals surface area contributed by atoms with Gasteiger partial charge in [-0.25, -0.2) is 4.39 Å². The second kappa shape index (κ2) is 16.9. The van der Waals surface area contributed by atoms with Crippen LogP contribution in [-0.2, 0) is 19.5 Å². The highest BCUT2D eigenvalue weighted by molar-refractivity contribution is 5.71. The first-order chi connectivity index (χ1) is 26.4. The van der Waals surface area contributed by atoms with E-state index in [0.717, 1.165) is 96.2 Å². The SMILES string of the molecule is CCCc1cc(-c2cc(CN(c3ccc(F)cc3)C3CCN(Cc4cccc(-c5cc(OC)c(OC)c(C6CC6)c5)c4)CC3)ccn2)cc(OC)c1OC. The van der Waals surface area contributed by atoms with E-state index in [1.807, 2.05) is 24.4 Å². The molecule has 0 radical (unpaired) electrons. The third-order valence-corrected chi connectivity index (χ3v) is 10.9. The molecule has 5 aromatic rings. The molecule has 2 fully saturated rings. The number of anilines is 1. The number of halogens is 1. The quantitative estimate of drug-likeness (QED) is 0.106. The number of nitrogens with zero attached hydrogens (tertiary/aromatic N) is 3. The molecule has 8 heteroatoms. The van der Waals surface area contributed by atoms with Gasteiger partial charge in [0.15, 0.2) is 23.0 Å². The number of hydrogen-bond donors (Lipinski definition) is 0. The van der Waals surface area contributed by atoms with Crippen molar-refractivity contribution >= 4 is 5.69 Å². The number of likely N-dealkylation sites (tertiary alicyclic amines) is 1. The Balaban J connectivity index is 1.07. The Bertz CT molecular complexity index is 2040. The molecule has 0 unspecified atom stereocenters. The average Bonchev–Trinajstić information content (AvgIpc) is 4.06. The van der Waals surface area contributed by atoms with Crippen LogP contribution in [0.1, 0.15) is 67.2 Å². The van der Waals surface area contributed by atoms with E-state index in [9.17, 15) is 4.39 Å². The second-order valence-electron chi connectivity index (χ2n) is 14.6. The molecule has 1 aliphatic carbocycles. The van der Waals surface area contributed by atoms with Crippen LogP contribution in [0.15, 0.2) is 91.1 Å². The van der Waals surface area contributed by atoms with Crippen molar-refractivity contribution in [2.45, 2.75) is 70.5 Å². The van der Waals surface area contributed by atoms with Crippen molar-refractivity contribution in [1.29, 1.82) is 0 Å². The molecule has 4 aromatic carbocycles. The zero-order valence-corrected chi connectivity index (χ0v) is 32.2. The first-order valence-corrected chi connectivity index (χ1v) is 19.2. The van der Waals surface area contributed by atoms with Crippen molar-refractivity contribution in [3.63, 3.8) is 0 Å². The molecule has 1 aliphatic heterocycles. The maximum absolute atomic E-state index is 14.1. The standard InChI is InChI=1S/C46H52FN3O4/c1-6-8-35-25-37(28-43(51-2)45(35)53-4)42-24-32(17-20-48-42)30-50(39-15-13-38(47)14-16-39)40-18-21-49(22-19-40)29-31-9-7-10-34(23-31)36-26-41(33-11-12-33)46(54-5)44(27-36)52-3/h7,9-10,13-17,20,23-28,33,40H,6,8,11-12,18-19,21-22,29-30H2,1-5H3. The number of aryl methyl sites for hydroxylation is 1. The zero-order chi connectivity index (χ0) is 37.6. The topological polar surface area (TPSA) is 56.3 Å². The van der Waals surface area contributed by atoms with Crippen molar-refractivity contribution in [3.8, 4) is 45.4 Å². The molecule has 0 bridgehead atoms. The zero-order valence-electron chi connectivity index (χ0n) is 32.2. The first-order valence-electron chi connectivity index (χ1n) is 19.2. The summed E-state index contributed by atoms with van der Waals surface area (Å²) in [7, 11) is 6.81. The summed E-state index contributed by atoms with van der Waals surface area (Å²) in [6, 6.07) is 29.0. The van der Waals surface area contributed by atoms with Crippen LogP contribution in [0.4, 0.5) is 10.1 Å². The predicted molar refractivity (Wildman–Crippen MR) is 215 cm³/mol. The molecule has 0 N–H and O–H groups in total. The van der Waals surface area contributed by atoms with Gasteiger partial charge in [0.05, 0.1) is 34.1 Å². The van der Waals surface area contributed by atoms with Crippen LogP contribution >= 0.6 is 0 Å². The van der Waals surface area contributed by atoms with Gasteiger partial charge in [-0.15, -0.1) is 0 Å². The smallest absolute Gasteiger partial charge is 0.164 e. The highest BCUT2D eigenvalue weighted by Crippen LogP contribution is 2.49. The van der Waals surface area contributed by atoms with Gasteiger partial charge in [-0.05, 0) is 133 Å². The van der Waals surface area contributed by atoms with Crippen molar-refractivity contribution < 1.29 is 23.3 Å². The summed E-state index contributed by atoms with van der Waals surface area (Å²) in [4.78, 5) is 9.77. The average molecular weight is 730 g/mol. The summed E-state index contributed by atoms with van der Waals surface area (Å²) in [5.74, 6) is 3.46. The lowest BCUT2D eigenvalue weighted by atomic mass is 9.97. The fourth-order valence-electron chi connectivity index (χ4n) is 7.99. The van der Waals surface area contributed by atoms with Gasteiger partial charge in [-0.2, -0.15) is 0 Å². The Hall–Kier alpha value is -5.08. The Kier molecular flexibility index (Phi) is 11.7. The van der Waals surface area contributed by atoms with Gasteiger partial charge in [0.1, 0.15) is 5.82 Å². The summed E-state index contributed by atoms with van der Waals surface area (Å²) in [6.07, 6.45) is 8.16. The third-order valence-electron chi connectivity index (χ3n) is 10.9. The van der Waals surface area contributed by atoms with Crippen LogP contribution in [0.2, 0.25) is 0 Å². The highest BCUT2D eigenvalue weighted by atomic mass is 19.1. The van der Waals surface area contributed by atoms with Crippen molar-refractivity contribution in [2.75, 3.05) is 46.4 Å². The van der Waals surface area contributed by atoms with Gasteiger partial charge in [-0.1, -0.05) is 31.5 Å². The number of methoxy groups -OCH3 is 4. The summed E-state index contributed by atoms with van der Waals surface area (Å²) in [5.41, 5.74) is 10.1. The van der Waals surface area contributed by atoms with Gasteiger partial charge < -0.3 is 23.8 Å². The lowest BCUT2D eigenvalue weighted by Crippen LogP contribution is -2.44. The van der Waals surface area contributed by atoms with Gasteiger partial charge in [0.25, 0.3) is 0 Å². The molecule has 1 aromatic heterocycles. The van der Waals surface area contributed by atoms with Crippen LogP contribution < -0.4 is 23.8 Å². The normalized spacial score (nSPS) is 14.9. The number of aromatic nitrogens is 1. The van der Waals surface area contributed by atoms with Crippen LogP contribution in [0.25, 0.3) is 22.4 Å². The van der Waals surface area contributed by atoms with Gasteiger partial charge >= 0.3 is 0 Å². The predicted octanol–water partition coefficient (Wildman–Crippen LogP) is 10.1. The van der Waals surface area contributed by atoms with E-state index in [2.05, 4.69) is 71.3 Å². The van der Waals surface area contributed by atoms with Crippen molar-refractivity contribution in [2.24, 2.45) is 0 Å². The lowest BCUT2D eigenvalue weighted by molar-refractivity contribution is 0.201. The molecule has 282 valence electrons. The molecule has 2 aliphatic rings. The molecular weight excluding hydrogens is 678 g/mol. The van der Waals surface area contributed by atoms with Crippen LogP contribution in [0, 0.1) is 5.82 Å². The number of piperidine rings is 1. The Morgan fingerprint density at radius 3 is 2.13 bits per heavy atom. The number of pyridine rings is 1. The van der Waals surface area contributed by atoms with E-state index >= 15 is 0 Å². The van der Waals surface area contributed by atoms with Gasteiger partial charge in [0, 0.05) is 55.2 Å². The highest BCUT2D eigenvalue weighted by Gasteiger charge is 2.30. The van der Waals surface area contributed by atoms with Crippen LogP contribution in [0.3, 0.4) is 0 Å². The van der Waals surface area contributed by atoms with E-state index < -0.39 is 0 Å². The minimum atomic E-state index is -0.227. The number of ether oxygens (including phenoxy) is 4. The molecule has 7 rings (SSSR count). The fourth-order valence-corrected chi connectivity index (χ4v) is 7.99. The molecule has 0 atom stereocenters. The fraction of sp³-hybridized carbons (Fsp3) is 0.370. The van der Waals surface area contributed by atoms with E-state index in [0.29, 0.717) is 24.3 Å².